The molecule has 0 aliphatic heterocycles. The number of hydrogen-bond acceptors (Lipinski definition) is 7. The van der Waals surface area contributed by atoms with Crippen LogP contribution in [0, 0.1) is 21.4 Å². The average molecular weight is 371 g/mol. The number of rotatable bonds is 6. The first-order valence-electron chi connectivity index (χ1n) is 7.59. The maximum absolute atomic E-state index is 12.1. The molecule has 0 aliphatic carbocycles. The Kier molecular flexibility index (Phi) is 5.03. The van der Waals surface area contributed by atoms with Gasteiger partial charge in [-0.2, -0.15) is 14.0 Å². The topological polar surface area (TPSA) is 114 Å². The quantitative estimate of drug-likeness (QED) is 0.520. The van der Waals surface area contributed by atoms with Gasteiger partial charge in [0.15, 0.2) is 0 Å². The largest absolute Gasteiger partial charge is 0.433 e. The summed E-state index contributed by atoms with van der Waals surface area (Å²) < 4.78 is 28.5. The highest BCUT2D eigenvalue weighted by Crippen LogP contribution is 2.25. The minimum atomic E-state index is -2.92. The smallest absolute Gasteiger partial charge is 0.387 e. The summed E-state index contributed by atoms with van der Waals surface area (Å²) in [7, 11) is 0. The Morgan fingerprint density at radius 3 is 2.74 bits per heavy atom. The summed E-state index contributed by atoms with van der Waals surface area (Å²) in [4.78, 5) is 18.7. The number of hydrogen-bond donors (Lipinski definition) is 1. The van der Waals surface area contributed by atoms with Gasteiger partial charge in [0.2, 0.25) is 0 Å². The number of benzene rings is 1. The van der Waals surface area contributed by atoms with Crippen LogP contribution in [0.3, 0.4) is 0 Å². The Morgan fingerprint density at radius 2 is 2.11 bits per heavy atom. The van der Waals surface area contributed by atoms with Crippen molar-refractivity contribution in [3.05, 3.63) is 64.0 Å². The third-order valence-electron chi connectivity index (χ3n) is 3.60. The molecule has 0 aliphatic rings. The molecule has 1 N–H and O–H groups in total. The van der Waals surface area contributed by atoms with Crippen LogP contribution in [0.15, 0.2) is 42.6 Å². The van der Waals surface area contributed by atoms with Crippen molar-refractivity contribution < 1.29 is 18.4 Å². The van der Waals surface area contributed by atoms with Gasteiger partial charge in [-0.3, -0.25) is 15.1 Å². The van der Waals surface area contributed by atoms with Crippen molar-refractivity contribution in [1.82, 2.24) is 9.97 Å². The molecule has 0 bridgehead atoms. The summed E-state index contributed by atoms with van der Waals surface area (Å²) in [6.45, 7) is -2.69. The van der Waals surface area contributed by atoms with E-state index < -0.39 is 11.5 Å². The van der Waals surface area contributed by atoms with Crippen LogP contribution in [0.4, 0.5) is 20.3 Å². The van der Waals surface area contributed by atoms with Crippen molar-refractivity contribution in [2.75, 3.05) is 5.32 Å². The standard InChI is InChI=1S/C17H11F2N5O3/c18-17(19)27-13-3-1-11(21-9-13)8-22-16-5-10(7-20)14-6-12(24(25)26)2-4-15(14)23-16/h1-6,9,17H,8H2,(H,22,23). The van der Waals surface area contributed by atoms with Crippen molar-refractivity contribution in [3.63, 3.8) is 0 Å². The van der Waals surface area contributed by atoms with E-state index in [0.717, 1.165) is 0 Å². The number of nitriles is 1. The Hall–Kier alpha value is -3.87. The minimum absolute atomic E-state index is 0.0501. The van der Waals surface area contributed by atoms with Gasteiger partial charge >= 0.3 is 6.61 Å². The summed E-state index contributed by atoms with van der Waals surface area (Å²) in [6, 6.07) is 10.4. The summed E-state index contributed by atoms with van der Waals surface area (Å²) in [5, 5.41) is 23.6. The predicted molar refractivity (Wildman–Crippen MR) is 91.3 cm³/mol. The molecule has 2 aromatic heterocycles. The lowest BCUT2D eigenvalue weighted by Crippen LogP contribution is -2.05. The maximum atomic E-state index is 12.1. The SMILES string of the molecule is N#Cc1cc(NCc2ccc(OC(F)F)cn2)nc2ccc([N+](=O)[O-])cc12. The number of ether oxygens (including phenoxy) is 1. The number of fused-ring (bicyclic) bond motifs is 1. The highest BCUT2D eigenvalue weighted by atomic mass is 19.3. The predicted octanol–water partition coefficient (Wildman–Crippen LogP) is 3.62. The van der Waals surface area contributed by atoms with Crippen molar-refractivity contribution in [1.29, 1.82) is 5.26 Å². The fourth-order valence-electron chi connectivity index (χ4n) is 2.38. The van der Waals surface area contributed by atoms with Gasteiger partial charge in [-0.25, -0.2) is 4.98 Å². The lowest BCUT2D eigenvalue weighted by molar-refractivity contribution is -0.384. The highest BCUT2D eigenvalue weighted by molar-refractivity contribution is 5.88. The van der Waals surface area contributed by atoms with Crippen LogP contribution in [0.2, 0.25) is 0 Å². The van der Waals surface area contributed by atoms with Gasteiger partial charge in [0.05, 0.1) is 40.5 Å². The number of nitro groups is 1. The number of anilines is 1. The van der Waals surface area contributed by atoms with Crippen LogP contribution in [0.25, 0.3) is 10.9 Å². The molecule has 0 spiro atoms. The fourth-order valence-corrected chi connectivity index (χ4v) is 2.38. The molecule has 136 valence electrons. The van der Waals surface area contributed by atoms with E-state index in [0.29, 0.717) is 22.4 Å². The molecular formula is C17H11F2N5O3. The Labute approximate surface area is 151 Å². The molecule has 8 nitrogen and oxygen atoms in total. The number of nitrogens with one attached hydrogen (secondary N) is 1. The molecule has 10 heteroatoms. The fraction of sp³-hybridized carbons (Fsp3) is 0.118. The molecule has 27 heavy (non-hydrogen) atoms. The monoisotopic (exact) mass is 371 g/mol. The third kappa shape index (κ3) is 4.21. The van der Waals surface area contributed by atoms with Crippen molar-refractivity contribution in [2.45, 2.75) is 13.2 Å². The first-order chi connectivity index (χ1) is 13.0. The van der Waals surface area contributed by atoms with E-state index in [-0.39, 0.29) is 23.5 Å². The van der Waals surface area contributed by atoms with Gasteiger partial charge < -0.3 is 10.1 Å². The zero-order valence-electron chi connectivity index (χ0n) is 13.6. The summed E-state index contributed by atoms with van der Waals surface area (Å²) in [6.07, 6.45) is 1.18. The second kappa shape index (κ2) is 7.57. The van der Waals surface area contributed by atoms with Crippen molar-refractivity contribution in [2.24, 2.45) is 0 Å². The molecule has 0 atom stereocenters. The number of alkyl halides is 2. The van der Waals surface area contributed by atoms with Gasteiger partial charge in [0.25, 0.3) is 5.69 Å². The number of aromatic nitrogens is 2. The van der Waals surface area contributed by atoms with E-state index in [1.165, 1.54) is 42.6 Å². The van der Waals surface area contributed by atoms with E-state index >= 15 is 0 Å². The normalized spacial score (nSPS) is 10.6. The molecule has 0 unspecified atom stereocenters. The Bertz CT molecular complexity index is 1040. The first-order valence-corrected chi connectivity index (χ1v) is 7.59. The molecule has 2 heterocycles. The van der Waals surface area contributed by atoms with Gasteiger partial charge in [0, 0.05) is 17.5 Å². The van der Waals surface area contributed by atoms with Crippen LogP contribution >= 0.6 is 0 Å². The van der Waals surface area contributed by atoms with Crippen molar-refractivity contribution in [3.8, 4) is 11.8 Å². The molecule has 0 radical (unpaired) electrons. The van der Waals surface area contributed by atoms with Gasteiger partial charge in [0.1, 0.15) is 11.6 Å². The first kappa shape index (κ1) is 17.9. The van der Waals surface area contributed by atoms with Crippen LogP contribution < -0.4 is 10.1 Å². The zero-order chi connectivity index (χ0) is 19.4. The van der Waals surface area contributed by atoms with E-state index in [1.807, 2.05) is 6.07 Å². The van der Waals surface area contributed by atoms with E-state index in [1.54, 1.807) is 0 Å². The molecule has 0 amide bonds. The Morgan fingerprint density at radius 1 is 1.30 bits per heavy atom. The van der Waals surface area contributed by atoms with E-state index in [9.17, 15) is 24.2 Å². The average Bonchev–Trinajstić information content (AvgIpc) is 2.65. The minimum Gasteiger partial charge on any atom is -0.433 e. The molecule has 3 rings (SSSR count). The molecule has 0 saturated carbocycles. The molecular weight excluding hydrogens is 360 g/mol. The number of nitrogens with zero attached hydrogens (tertiary/aromatic N) is 4. The summed E-state index contributed by atoms with van der Waals surface area (Å²) >= 11 is 0. The second-order valence-corrected chi connectivity index (χ2v) is 5.34. The molecule has 0 saturated heterocycles. The summed E-state index contributed by atoms with van der Waals surface area (Å²) in [5.74, 6) is 0.327. The number of nitro benzene ring substituents is 1. The Balaban J connectivity index is 1.80. The van der Waals surface area contributed by atoms with Crippen LogP contribution in [-0.2, 0) is 6.54 Å². The lowest BCUT2D eigenvalue weighted by Gasteiger charge is -2.09. The second-order valence-electron chi connectivity index (χ2n) is 5.34. The number of pyridine rings is 2. The van der Waals surface area contributed by atoms with Crippen LogP contribution in [0.5, 0.6) is 5.75 Å². The molecule has 3 aromatic rings. The third-order valence-corrected chi connectivity index (χ3v) is 3.60. The van der Waals surface area contributed by atoms with Crippen LogP contribution in [0.1, 0.15) is 11.3 Å². The van der Waals surface area contributed by atoms with Crippen LogP contribution in [-0.4, -0.2) is 21.5 Å². The zero-order valence-corrected chi connectivity index (χ0v) is 13.6. The number of non-ortho nitro benzene ring substituents is 1. The maximum Gasteiger partial charge on any atom is 0.387 e. The van der Waals surface area contributed by atoms with Gasteiger partial charge in [-0.05, 0) is 24.3 Å². The highest BCUT2D eigenvalue weighted by Gasteiger charge is 2.12. The molecule has 1 aromatic carbocycles. The molecule has 0 fully saturated rings. The summed E-state index contributed by atoms with van der Waals surface area (Å²) in [5.41, 5.74) is 1.08. The van der Waals surface area contributed by atoms with Crippen molar-refractivity contribution >= 4 is 22.4 Å². The van der Waals surface area contributed by atoms with E-state index in [4.69, 9.17) is 0 Å². The van der Waals surface area contributed by atoms with Gasteiger partial charge in [-0.15, -0.1) is 0 Å². The van der Waals surface area contributed by atoms with Gasteiger partial charge in [-0.1, -0.05) is 0 Å². The number of halogens is 2. The van der Waals surface area contributed by atoms with E-state index in [2.05, 4.69) is 20.0 Å². The lowest BCUT2D eigenvalue weighted by atomic mass is 10.1.